The highest BCUT2D eigenvalue weighted by molar-refractivity contribution is 6.06. The molecule has 0 bridgehead atoms. The first-order valence-corrected chi connectivity index (χ1v) is 5.71. The zero-order valence-electron chi connectivity index (χ0n) is 11.2. The van der Waals surface area contributed by atoms with E-state index < -0.39 is 16.7 Å². The summed E-state index contributed by atoms with van der Waals surface area (Å²) < 4.78 is 0. The van der Waals surface area contributed by atoms with E-state index in [0.29, 0.717) is 11.1 Å². The average Bonchev–Trinajstić information content (AvgIpc) is 2.31. The number of nitro groups is 1. The Kier molecular flexibility index (Phi) is 4.31. The molecular weight excluding hydrogens is 250 g/mol. The van der Waals surface area contributed by atoms with Crippen LogP contribution in [0.2, 0.25) is 0 Å². The van der Waals surface area contributed by atoms with Crippen LogP contribution in [0.4, 0.5) is 5.82 Å². The highest BCUT2D eigenvalue weighted by Gasteiger charge is 2.22. The zero-order valence-corrected chi connectivity index (χ0v) is 11.2. The Morgan fingerprint density at radius 1 is 1.32 bits per heavy atom. The second-order valence-electron chi connectivity index (χ2n) is 4.48. The van der Waals surface area contributed by atoms with E-state index in [1.54, 1.807) is 20.8 Å². The Balaban J connectivity index is 3.10. The van der Waals surface area contributed by atoms with Crippen molar-refractivity contribution in [3.05, 3.63) is 33.0 Å². The van der Waals surface area contributed by atoms with Gasteiger partial charge in [-0.3, -0.25) is 14.9 Å². The van der Waals surface area contributed by atoms with E-state index in [1.807, 2.05) is 0 Å². The van der Waals surface area contributed by atoms with Crippen molar-refractivity contribution in [2.24, 2.45) is 5.92 Å². The van der Waals surface area contributed by atoms with Crippen molar-refractivity contribution in [2.45, 2.75) is 27.7 Å². The molecule has 0 radical (unpaired) electrons. The van der Waals surface area contributed by atoms with Crippen LogP contribution in [0.3, 0.4) is 0 Å². The summed E-state index contributed by atoms with van der Waals surface area (Å²) in [5.74, 6) is -1.61. The SMILES string of the molecule is Cc1c(C(=O)NC(=O)C(C)C)cnc([N+](=O)[O-])c1C. The molecule has 1 rings (SSSR count). The smallest absolute Gasteiger partial charge is 0.358 e. The number of pyridine rings is 1. The van der Waals surface area contributed by atoms with Gasteiger partial charge >= 0.3 is 5.82 Å². The molecule has 2 amide bonds. The molecule has 1 N–H and O–H groups in total. The third-order valence-electron chi connectivity index (χ3n) is 2.80. The molecule has 102 valence electrons. The van der Waals surface area contributed by atoms with Gasteiger partial charge in [-0.1, -0.05) is 13.8 Å². The number of hydrogen-bond donors (Lipinski definition) is 1. The second-order valence-corrected chi connectivity index (χ2v) is 4.48. The van der Waals surface area contributed by atoms with Gasteiger partial charge in [-0.05, 0) is 29.3 Å². The lowest BCUT2D eigenvalue weighted by molar-refractivity contribution is -0.390. The van der Waals surface area contributed by atoms with Crippen molar-refractivity contribution < 1.29 is 14.5 Å². The van der Waals surface area contributed by atoms with Gasteiger partial charge in [-0.25, -0.2) is 0 Å². The first-order chi connectivity index (χ1) is 8.75. The molecular formula is C12H15N3O4. The molecule has 0 spiro atoms. The molecule has 19 heavy (non-hydrogen) atoms. The highest BCUT2D eigenvalue weighted by Crippen LogP contribution is 2.20. The largest absolute Gasteiger partial charge is 0.366 e. The molecule has 0 aliphatic carbocycles. The van der Waals surface area contributed by atoms with Gasteiger partial charge in [-0.15, -0.1) is 0 Å². The topological polar surface area (TPSA) is 102 Å². The Bertz CT molecular complexity index is 552. The van der Waals surface area contributed by atoms with Crippen molar-refractivity contribution in [2.75, 3.05) is 0 Å². The molecule has 0 fully saturated rings. The second kappa shape index (κ2) is 5.55. The molecule has 7 nitrogen and oxygen atoms in total. The minimum atomic E-state index is -0.608. The Hall–Kier alpha value is -2.31. The van der Waals surface area contributed by atoms with E-state index >= 15 is 0 Å². The van der Waals surface area contributed by atoms with Crippen LogP contribution >= 0.6 is 0 Å². The molecule has 1 heterocycles. The molecule has 0 atom stereocenters. The average molecular weight is 265 g/mol. The number of carbonyl (C=O) groups excluding carboxylic acids is 2. The minimum absolute atomic E-state index is 0.164. The number of imide groups is 1. The molecule has 0 aliphatic heterocycles. The fourth-order valence-corrected chi connectivity index (χ4v) is 1.43. The highest BCUT2D eigenvalue weighted by atomic mass is 16.6. The van der Waals surface area contributed by atoms with Crippen LogP contribution in [0.1, 0.15) is 35.3 Å². The lowest BCUT2D eigenvalue weighted by Gasteiger charge is -2.09. The third-order valence-corrected chi connectivity index (χ3v) is 2.80. The van der Waals surface area contributed by atoms with Gasteiger partial charge in [0.1, 0.15) is 0 Å². The van der Waals surface area contributed by atoms with Crippen LogP contribution in [0.25, 0.3) is 0 Å². The van der Waals surface area contributed by atoms with Crippen LogP contribution < -0.4 is 5.32 Å². The summed E-state index contributed by atoms with van der Waals surface area (Å²) in [5, 5.41) is 12.9. The van der Waals surface area contributed by atoms with Gasteiger partial charge < -0.3 is 10.1 Å². The number of carbonyl (C=O) groups is 2. The fourth-order valence-electron chi connectivity index (χ4n) is 1.43. The molecule has 0 unspecified atom stereocenters. The van der Waals surface area contributed by atoms with Crippen LogP contribution in [-0.4, -0.2) is 21.7 Å². The van der Waals surface area contributed by atoms with Gasteiger partial charge in [-0.2, -0.15) is 0 Å². The summed E-state index contributed by atoms with van der Waals surface area (Å²) >= 11 is 0. The Morgan fingerprint density at radius 3 is 2.37 bits per heavy atom. The summed E-state index contributed by atoms with van der Waals surface area (Å²) in [5.41, 5.74) is 0.919. The van der Waals surface area contributed by atoms with Crippen molar-refractivity contribution >= 4 is 17.6 Å². The van der Waals surface area contributed by atoms with Crippen molar-refractivity contribution in [3.63, 3.8) is 0 Å². The number of amides is 2. The number of hydrogen-bond acceptors (Lipinski definition) is 5. The predicted octanol–water partition coefficient (Wildman–Crippen LogP) is 1.52. The van der Waals surface area contributed by atoms with Crippen molar-refractivity contribution in [3.8, 4) is 0 Å². The van der Waals surface area contributed by atoms with Crippen molar-refractivity contribution in [1.29, 1.82) is 0 Å². The summed E-state index contributed by atoms with van der Waals surface area (Å²) in [6.45, 7) is 6.42. The standard InChI is InChI=1S/C12H15N3O4/c1-6(2)11(16)14-12(17)9-5-13-10(15(18)19)8(4)7(9)3/h5-6H,1-4H3,(H,14,16,17). The van der Waals surface area contributed by atoms with Gasteiger partial charge in [0, 0.05) is 5.92 Å². The summed E-state index contributed by atoms with van der Waals surface area (Å²) in [7, 11) is 0. The summed E-state index contributed by atoms with van der Waals surface area (Å²) in [6, 6.07) is 0. The maximum Gasteiger partial charge on any atom is 0.366 e. The van der Waals surface area contributed by atoms with E-state index in [4.69, 9.17) is 0 Å². The van der Waals surface area contributed by atoms with Crippen LogP contribution in [-0.2, 0) is 4.79 Å². The van der Waals surface area contributed by atoms with E-state index in [1.165, 1.54) is 6.92 Å². The van der Waals surface area contributed by atoms with Gasteiger partial charge in [0.05, 0.1) is 11.1 Å². The third kappa shape index (κ3) is 3.12. The number of aromatic nitrogens is 1. The normalized spacial score (nSPS) is 10.4. The molecule has 1 aromatic heterocycles. The predicted molar refractivity (Wildman–Crippen MR) is 67.7 cm³/mol. The quantitative estimate of drug-likeness (QED) is 0.659. The molecule has 0 saturated carbocycles. The fraction of sp³-hybridized carbons (Fsp3) is 0.417. The van der Waals surface area contributed by atoms with E-state index in [-0.39, 0.29) is 17.3 Å². The summed E-state index contributed by atoms with van der Waals surface area (Å²) in [6.07, 6.45) is 1.11. The van der Waals surface area contributed by atoms with Gasteiger partial charge in [0.15, 0.2) is 6.20 Å². The maximum absolute atomic E-state index is 11.9. The molecule has 0 saturated heterocycles. The molecule has 0 aromatic carbocycles. The maximum atomic E-state index is 11.9. The zero-order chi connectivity index (χ0) is 14.7. The molecule has 1 aromatic rings. The monoisotopic (exact) mass is 265 g/mol. The number of rotatable bonds is 3. The number of nitrogens with zero attached hydrogens (tertiary/aromatic N) is 2. The number of nitrogens with one attached hydrogen (secondary N) is 1. The van der Waals surface area contributed by atoms with Crippen LogP contribution in [0.15, 0.2) is 6.20 Å². The summed E-state index contributed by atoms with van der Waals surface area (Å²) in [4.78, 5) is 37.1. The van der Waals surface area contributed by atoms with Crippen LogP contribution in [0, 0.1) is 29.9 Å². The minimum Gasteiger partial charge on any atom is -0.358 e. The van der Waals surface area contributed by atoms with Gasteiger partial charge in [0.25, 0.3) is 5.91 Å². The lowest BCUT2D eigenvalue weighted by Crippen LogP contribution is -2.34. The van der Waals surface area contributed by atoms with E-state index in [9.17, 15) is 19.7 Å². The lowest BCUT2D eigenvalue weighted by atomic mass is 10.1. The Morgan fingerprint density at radius 2 is 1.89 bits per heavy atom. The van der Waals surface area contributed by atoms with E-state index in [0.717, 1.165) is 6.20 Å². The molecule has 0 aliphatic rings. The Labute approximate surface area is 110 Å². The van der Waals surface area contributed by atoms with Crippen molar-refractivity contribution in [1.82, 2.24) is 10.3 Å². The molecule has 7 heteroatoms. The van der Waals surface area contributed by atoms with E-state index in [2.05, 4.69) is 10.3 Å². The first-order valence-electron chi connectivity index (χ1n) is 5.71. The van der Waals surface area contributed by atoms with Gasteiger partial charge in [0.2, 0.25) is 5.91 Å². The van der Waals surface area contributed by atoms with Crippen LogP contribution in [0.5, 0.6) is 0 Å². The first kappa shape index (κ1) is 14.7.